The minimum atomic E-state index is -0.591. The molecule has 6 atom stereocenters. The second-order valence-corrected chi connectivity index (χ2v) is 8.91. The van der Waals surface area contributed by atoms with E-state index in [0.29, 0.717) is 23.3 Å². The maximum atomic E-state index is 14.7. The summed E-state index contributed by atoms with van der Waals surface area (Å²) in [6, 6.07) is 0. The summed E-state index contributed by atoms with van der Waals surface area (Å²) < 4.78 is 14.7. The third-order valence-corrected chi connectivity index (χ3v) is 8.09. The smallest absolute Gasteiger partial charge is 0.214 e. The largest absolute Gasteiger partial charge is 0.393 e. The summed E-state index contributed by atoms with van der Waals surface area (Å²) in [6.07, 6.45) is 5.92. The molecule has 3 fully saturated rings. The standard InChI is InChI=1S/C21H27FO2/c1-11-9-13-14-5-6-17(24)20(14,3)8-7-15(13)21(4)12(2)10-16(23)19(22)18(11)21/h10,13-15,17,24H,1,5-9H2,2-4H3/t13-,14-,15-,17-,20-,21+/m0/s1. The lowest BCUT2D eigenvalue weighted by Gasteiger charge is -2.58. The summed E-state index contributed by atoms with van der Waals surface area (Å²) in [5.74, 6) is 0.126. The van der Waals surface area contributed by atoms with Crippen LogP contribution in [0, 0.1) is 28.6 Å². The molecule has 3 heteroatoms. The summed E-state index contributed by atoms with van der Waals surface area (Å²) in [4.78, 5) is 12.0. The van der Waals surface area contributed by atoms with Crippen LogP contribution in [0.25, 0.3) is 0 Å². The number of ketones is 1. The lowest BCUT2D eigenvalue weighted by molar-refractivity contribution is -0.113. The summed E-state index contributed by atoms with van der Waals surface area (Å²) in [7, 11) is 0. The van der Waals surface area contributed by atoms with Gasteiger partial charge in [-0.05, 0) is 73.8 Å². The molecule has 0 unspecified atom stereocenters. The van der Waals surface area contributed by atoms with E-state index in [2.05, 4.69) is 20.4 Å². The van der Waals surface area contributed by atoms with Crippen molar-refractivity contribution in [3.05, 3.63) is 35.2 Å². The monoisotopic (exact) mass is 330 g/mol. The van der Waals surface area contributed by atoms with Gasteiger partial charge in [0.25, 0.3) is 0 Å². The molecule has 0 aromatic heterocycles. The summed E-state index contributed by atoms with van der Waals surface area (Å²) in [5, 5.41) is 10.5. The molecule has 2 nitrogen and oxygen atoms in total. The minimum absolute atomic E-state index is 0.0142. The lowest BCUT2D eigenvalue weighted by atomic mass is 9.46. The maximum Gasteiger partial charge on any atom is 0.214 e. The van der Waals surface area contributed by atoms with E-state index in [0.717, 1.165) is 43.3 Å². The summed E-state index contributed by atoms with van der Waals surface area (Å²) in [5.41, 5.74) is 1.90. The molecule has 0 aromatic rings. The maximum absolute atomic E-state index is 14.7. The lowest BCUT2D eigenvalue weighted by Crippen LogP contribution is -2.52. The van der Waals surface area contributed by atoms with Crippen LogP contribution in [0.2, 0.25) is 0 Å². The van der Waals surface area contributed by atoms with Gasteiger partial charge in [0, 0.05) is 11.0 Å². The second-order valence-electron chi connectivity index (χ2n) is 8.91. The van der Waals surface area contributed by atoms with Gasteiger partial charge in [0.2, 0.25) is 5.78 Å². The van der Waals surface area contributed by atoms with E-state index < -0.39 is 17.0 Å². The number of allylic oxidation sites excluding steroid dienone is 5. The average molecular weight is 330 g/mol. The highest BCUT2D eigenvalue weighted by Crippen LogP contribution is 2.67. The highest BCUT2D eigenvalue weighted by atomic mass is 19.1. The number of carbonyl (C=O) groups excluding carboxylic acids is 1. The van der Waals surface area contributed by atoms with Crippen molar-refractivity contribution in [2.24, 2.45) is 28.6 Å². The Morgan fingerprint density at radius 1 is 1.25 bits per heavy atom. The topological polar surface area (TPSA) is 37.3 Å². The Hall–Kier alpha value is -1.22. The van der Waals surface area contributed by atoms with E-state index in [-0.39, 0.29) is 11.5 Å². The van der Waals surface area contributed by atoms with Crippen molar-refractivity contribution in [3.63, 3.8) is 0 Å². The van der Waals surface area contributed by atoms with Crippen LogP contribution in [-0.2, 0) is 4.79 Å². The Balaban J connectivity index is 1.83. The molecule has 0 bridgehead atoms. The quantitative estimate of drug-likeness (QED) is 0.709. The second kappa shape index (κ2) is 4.91. The van der Waals surface area contributed by atoms with E-state index in [9.17, 15) is 14.3 Å². The molecule has 130 valence electrons. The number of rotatable bonds is 0. The van der Waals surface area contributed by atoms with Crippen LogP contribution >= 0.6 is 0 Å². The van der Waals surface area contributed by atoms with Gasteiger partial charge in [-0.2, -0.15) is 0 Å². The first-order valence-corrected chi connectivity index (χ1v) is 9.21. The predicted molar refractivity (Wildman–Crippen MR) is 91.8 cm³/mol. The predicted octanol–water partition coefficient (Wildman–Crippen LogP) is 4.51. The van der Waals surface area contributed by atoms with Crippen molar-refractivity contribution in [1.29, 1.82) is 0 Å². The number of halogens is 1. The molecule has 24 heavy (non-hydrogen) atoms. The molecule has 0 radical (unpaired) electrons. The van der Waals surface area contributed by atoms with Crippen molar-refractivity contribution < 1.29 is 14.3 Å². The normalized spacial score (nSPS) is 48.0. The van der Waals surface area contributed by atoms with Gasteiger partial charge in [-0.3, -0.25) is 4.79 Å². The zero-order chi connectivity index (χ0) is 17.4. The van der Waals surface area contributed by atoms with Gasteiger partial charge in [-0.15, -0.1) is 0 Å². The van der Waals surface area contributed by atoms with Gasteiger partial charge in [0.15, 0.2) is 5.83 Å². The number of fused-ring (bicyclic) bond motifs is 5. The van der Waals surface area contributed by atoms with Crippen molar-refractivity contribution in [2.75, 3.05) is 0 Å². The molecule has 0 aliphatic heterocycles. The third-order valence-electron chi connectivity index (χ3n) is 8.09. The molecular formula is C21H27FO2. The van der Waals surface area contributed by atoms with Gasteiger partial charge in [-0.1, -0.05) is 26.0 Å². The van der Waals surface area contributed by atoms with E-state index in [1.54, 1.807) is 0 Å². The fourth-order valence-electron chi connectivity index (χ4n) is 6.61. The molecule has 3 saturated carbocycles. The summed E-state index contributed by atoms with van der Waals surface area (Å²) in [6.45, 7) is 10.5. The van der Waals surface area contributed by atoms with Crippen LogP contribution < -0.4 is 0 Å². The fraction of sp³-hybridized carbons (Fsp3) is 0.667. The Bertz CT molecular complexity index is 703. The molecule has 0 aromatic carbocycles. The van der Waals surface area contributed by atoms with E-state index in [1.165, 1.54) is 6.08 Å². The van der Waals surface area contributed by atoms with E-state index in [1.807, 2.05) is 6.92 Å². The molecule has 0 spiro atoms. The first kappa shape index (κ1) is 16.3. The Kier molecular flexibility index (Phi) is 3.32. The van der Waals surface area contributed by atoms with Gasteiger partial charge in [0.05, 0.1) is 6.10 Å². The molecule has 4 aliphatic carbocycles. The Labute approximate surface area is 143 Å². The number of carbonyl (C=O) groups is 1. The number of aliphatic hydroxyl groups excluding tert-OH is 1. The third kappa shape index (κ3) is 1.77. The van der Waals surface area contributed by atoms with Gasteiger partial charge >= 0.3 is 0 Å². The molecule has 0 heterocycles. The highest BCUT2D eigenvalue weighted by molar-refractivity contribution is 6.05. The first-order valence-electron chi connectivity index (χ1n) is 9.21. The van der Waals surface area contributed by atoms with Crippen LogP contribution in [0.4, 0.5) is 4.39 Å². The molecular weight excluding hydrogens is 303 g/mol. The van der Waals surface area contributed by atoms with Crippen molar-refractivity contribution in [1.82, 2.24) is 0 Å². The zero-order valence-corrected chi connectivity index (χ0v) is 14.9. The SMILES string of the molecule is C=C1C[C@@H]2[C@H](CC[C@]3(C)[C@@H](O)CC[C@@H]23)[C@@]2(C)C(C)=CC(=O)C(F)=C12. The zero-order valence-electron chi connectivity index (χ0n) is 14.9. The summed E-state index contributed by atoms with van der Waals surface area (Å²) >= 11 is 0. The van der Waals surface area contributed by atoms with Crippen LogP contribution in [-0.4, -0.2) is 17.0 Å². The molecule has 4 rings (SSSR count). The molecule has 0 amide bonds. The minimum Gasteiger partial charge on any atom is -0.393 e. The van der Waals surface area contributed by atoms with Crippen molar-refractivity contribution in [3.8, 4) is 0 Å². The molecule has 4 aliphatic rings. The fourth-order valence-corrected chi connectivity index (χ4v) is 6.61. The van der Waals surface area contributed by atoms with Crippen molar-refractivity contribution >= 4 is 5.78 Å². The molecule has 0 saturated heterocycles. The highest BCUT2D eigenvalue weighted by Gasteiger charge is 2.60. The Morgan fingerprint density at radius 2 is 1.96 bits per heavy atom. The van der Waals surface area contributed by atoms with E-state index >= 15 is 0 Å². The van der Waals surface area contributed by atoms with E-state index in [4.69, 9.17) is 0 Å². The van der Waals surface area contributed by atoms with Crippen LogP contribution in [0.1, 0.15) is 52.9 Å². The van der Waals surface area contributed by atoms with Crippen molar-refractivity contribution in [2.45, 2.75) is 59.0 Å². The van der Waals surface area contributed by atoms with Gasteiger partial charge in [-0.25, -0.2) is 4.39 Å². The van der Waals surface area contributed by atoms with Gasteiger partial charge in [0.1, 0.15) is 0 Å². The first-order chi connectivity index (χ1) is 11.2. The van der Waals surface area contributed by atoms with Crippen LogP contribution in [0.3, 0.4) is 0 Å². The number of hydrogen-bond donors (Lipinski definition) is 1. The molecule has 1 N–H and O–H groups in total. The number of aliphatic hydroxyl groups is 1. The van der Waals surface area contributed by atoms with Crippen LogP contribution in [0.5, 0.6) is 0 Å². The average Bonchev–Trinajstić information content (AvgIpc) is 2.81. The number of hydrogen-bond acceptors (Lipinski definition) is 2. The van der Waals surface area contributed by atoms with Gasteiger partial charge < -0.3 is 5.11 Å². The van der Waals surface area contributed by atoms with Crippen LogP contribution in [0.15, 0.2) is 35.2 Å². The Morgan fingerprint density at radius 3 is 2.67 bits per heavy atom.